The first kappa shape index (κ1) is 21.3. The van der Waals surface area contributed by atoms with E-state index in [-0.39, 0.29) is 30.1 Å². The number of rotatable bonds is 5. The largest absolute Gasteiger partial charge is 0.441 e. The van der Waals surface area contributed by atoms with Gasteiger partial charge >= 0.3 is 12.3 Å². The maximum absolute atomic E-state index is 12.9. The molecule has 0 aliphatic carbocycles. The van der Waals surface area contributed by atoms with Gasteiger partial charge in [-0.2, -0.15) is 13.2 Å². The molecule has 3 rings (SSSR count). The van der Waals surface area contributed by atoms with Crippen LogP contribution in [0, 0.1) is 0 Å². The van der Waals surface area contributed by atoms with Crippen LogP contribution in [-0.2, 0) is 17.5 Å². The Balaban J connectivity index is 1.50. The Morgan fingerprint density at radius 1 is 1.33 bits per heavy atom. The molecular formula is C17H19F3N6O4. The third kappa shape index (κ3) is 5.58. The summed E-state index contributed by atoms with van der Waals surface area (Å²) < 4.78 is 48.4. The predicted molar refractivity (Wildman–Crippen MR) is 95.2 cm³/mol. The highest BCUT2D eigenvalue weighted by atomic mass is 19.4. The molecule has 1 unspecified atom stereocenters. The zero-order valence-electron chi connectivity index (χ0n) is 15.7. The van der Waals surface area contributed by atoms with Gasteiger partial charge in [0.1, 0.15) is 5.69 Å². The minimum Gasteiger partial charge on any atom is -0.441 e. The first-order chi connectivity index (χ1) is 14.2. The fourth-order valence-electron chi connectivity index (χ4n) is 2.94. The monoisotopic (exact) mass is 428 g/mol. The average Bonchev–Trinajstić information content (AvgIpc) is 3.06. The summed E-state index contributed by atoms with van der Waals surface area (Å²) in [5.74, 6) is -0.599. The molecule has 1 aliphatic heterocycles. The van der Waals surface area contributed by atoms with E-state index in [9.17, 15) is 22.8 Å². The second-order valence-corrected chi connectivity index (χ2v) is 6.62. The van der Waals surface area contributed by atoms with E-state index in [1.54, 1.807) is 4.90 Å². The molecule has 2 amide bonds. The molecular weight excluding hydrogens is 409 g/mol. The number of hydrogen-bond donors (Lipinski definition) is 2. The van der Waals surface area contributed by atoms with Gasteiger partial charge in [0.05, 0.1) is 0 Å². The molecule has 1 atom stereocenters. The smallest absolute Gasteiger partial charge is 0.433 e. The van der Waals surface area contributed by atoms with Crippen LogP contribution < -0.4 is 16.0 Å². The van der Waals surface area contributed by atoms with E-state index in [1.807, 2.05) is 0 Å². The number of nitrogens with two attached hydrogens (primary N) is 1. The SMILES string of the molecule is NC(=O)c1cc(COC(=O)NC2CCCN(c3nccc(C(F)(F)F)n3)CC2)on1. The lowest BCUT2D eigenvalue weighted by Gasteiger charge is -2.21. The number of nitrogens with one attached hydrogen (secondary N) is 1. The topological polar surface area (TPSA) is 136 Å². The van der Waals surface area contributed by atoms with Crippen LogP contribution in [0.5, 0.6) is 0 Å². The minimum atomic E-state index is -4.54. The van der Waals surface area contributed by atoms with E-state index in [4.69, 9.17) is 15.0 Å². The molecule has 1 aliphatic rings. The van der Waals surface area contributed by atoms with Crippen LogP contribution in [0.25, 0.3) is 0 Å². The second-order valence-electron chi connectivity index (χ2n) is 6.62. The van der Waals surface area contributed by atoms with E-state index in [2.05, 4.69) is 20.4 Å². The van der Waals surface area contributed by atoms with Gasteiger partial charge in [0.15, 0.2) is 18.1 Å². The van der Waals surface area contributed by atoms with E-state index < -0.39 is 23.9 Å². The Hall–Kier alpha value is -3.38. The minimum absolute atomic E-state index is 0.00336. The lowest BCUT2D eigenvalue weighted by atomic mass is 10.1. The van der Waals surface area contributed by atoms with Crippen LogP contribution in [-0.4, -0.2) is 46.3 Å². The van der Waals surface area contributed by atoms with E-state index in [0.29, 0.717) is 32.4 Å². The fraction of sp³-hybridized carbons (Fsp3) is 0.471. The van der Waals surface area contributed by atoms with Crippen LogP contribution in [0.15, 0.2) is 22.9 Å². The van der Waals surface area contributed by atoms with Crippen molar-refractivity contribution in [1.82, 2.24) is 20.4 Å². The van der Waals surface area contributed by atoms with Crippen molar-refractivity contribution in [2.24, 2.45) is 5.73 Å². The summed E-state index contributed by atoms with van der Waals surface area (Å²) in [5.41, 5.74) is 3.98. The molecule has 2 aromatic rings. The molecule has 0 bridgehead atoms. The van der Waals surface area contributed by atoms with Gasteiger partial charge < -0.3 is 25.2 Å². The highest BCUT2D eigenvalue weighted by Crippen LogP contribution is 2.28. The first-order valence-electron chi connectivity index (χ1n) is 9.06. The van der Waals surface area contributed by atoms with Gasteiger partial charge in [0.2, 0.25) is 5.95 Å². The summed E-state index contributed by atoms with van der Waals surface area (Å²) in [6, 6.07) is 1.86. The summed E-state index contributed by atoms with van der Waals surface area (Å²) in [5, 5.41) is 6.14. The summed E-state index contributed by atoms with van der Waals surface area (Å²) in [4.78, 5) is 32.1. The van der Waals surface area contributed by atoms with Crippen LogP contribution in [0.2, 0.25) is 0 Å². The highest BCUT2D eigenvalue weighted by Gasteiger charge is 2.33. The Morgan fingerprint density at radius 3 is 2.83 bits per heavy atom. The molecule has 13 heteroatoms. The predicted octanol–water partition coefficient (Wildman–Crippen LogP) is 1.87. The van der Waals surface area contributed by atoms with Crippen LogP contribution in [0.3, 0.4) is 0 Å². The van der Waals surface area contributed by atoms with Gasteiger partial charge in [-0.15, -0.1) is 0 Å². The molecule has 3 N–H and O–H groups in total. The van der Waals surface area contributed by atoms with Gasteiger partial charge in [-0.1, -0.05) is 5.16 Å². The number of nitrogens with zero attached hydrogens (tertiary/aromatic N) is 4. The number of carbonyl (C=O) groups excluding carboxylic acids is 2. The first-order valence-corrected chi connectivity index (χ1v) is 9.06. The Morgan fingerprint density at radius 2 is 2.13 bits per heavy atom. The Kier molecular flexibility index (Phi) is 6.37. The normalized spacial score (nSPS) is 17.3. The van der Waals surface area contributed by atoms with Gasteiger partial charge in [-0.25, -0.2) is 14.8 Å². The number of hydrogen-bond acceptors (Lipinski definition) is 8. The average molecular weight is 428 g/mol. The maximum atomic E-state index is 12.9. The molecule has 2 aromatic heterocycles. The molecule has 0 spiro atoms. The molecule has 10 nitrogen and oxygen atoms in total. The van der Waals surface area contributed by atoms with Gasteiger partial charge in [0.25, 0.3) is 5.91 Å². The molecule has 0 radical (unpaired) electrons. The zero-order valence-corrected chi connectivity index (χ0v) is 15.7. The number of primary amides is 1. The van der Waals surface area contributed by atoms with Crippen molar-refractivity contribution in [3.63, 3.8) is 0 Å². The number of amides is 2. The summed E-state index contributed by atoms with van der Waals surface area (Å²) in [6.45, 7) is 0.599. The van der Waals surface area contributed by atoms with Gasteiger partial charge in [-0.3, -0.25) is 4.79 Å². The summed E-state index contributed by atoms with van der Waals surface area (Å²) in [7, 11) is 0. The third-order valence-electron chi connectivity index (χ3n) is 4.42. The van der Waals surface area contributed by atoms with Crippen LogP contribution in [0.1, 0.15) is 41.2 Å². The van der Waals surface area contributed by atoms with E-state index in [1.165, 1.54) is 6.07 Å². The third-order valence-corrected chi connectivity index (χ3v) is 4.42. The molecule has 3 heterocycles. The van der Waals surface area contributed by atoms with Crippen molar-refractivity contribution in [2.45, 2.75) is 38.1 Å². The van der Waals surface area contributed by atoms with Crippen molar-refractivity contribution < 1.29 is 32.0 Å². The number of ether oxygens (including phenoxy) is 1. The lowest BCUT2D eigenvalue weighted by Crippen LogP contribution is -2.36. The second kappa shape index (κ2) is 8.97. The quantitative estimate of drug-likeness (QED) is 0.737. The maximum Gasteiger partial charge on any atom is 0.433 e. The summed E-state index contributed by atoms with van der Waals surface area (Å²) in [6.07, 6.45) is -2.45. The molecule has 0 saturated carbocycles. The fourth-order valence-corrected chi connectivity index (χ4v) is 2.94. The number of alkyl halides is 3. The van der Waals surface area contributed by atoms with E-state index in [0.717, 1.165) is 12.3 Å². The van der Waals surface area contributed by atoms with Crippen molar-refractivity contribution in [3.05, 3.63) is 35.5 Å². The van der Waals surface area contributed by atoms with Gasteiger partial charge in [0, 0.05) is 31.4 Å². The Bertz CT molecular complexity index is 904. The highest BCUT2D eigenvalue weighted by molar-refractivity contribution is 5.90. The van der Waals surface area contributed by atoms with Gasteiger partial charge in [-0.05, 0) is 25.3 Å². The summed E-state index contributed by atoms with van der Waals surface area (Å²) >= 11 is 0. The molecule has 1 fully saturated rings. The van der Waals surface area contributed by atoms with Crippen molar-refractivity contribution in [1.29, 1.82) is 0 Å². The standard InChI is InChI=1S/C17H19F3N6O4/c18-17(19,20)13-3-5-22-15(24-13)26-6-1-2-10(4-7-26)23-16(28)29-9-11-8-12(14(21)27)25-30-11/h3,5,8,10H,1-2,4,6-7,9H2,(H2,21,27)(H,23,28). The van der Waals surface area contributed by atoms with Crippen molar-refractivity contribution in [2.75, 3.05) is 18.0 Å². The van der Waals surface area contributed by atoms with Crippen LogP contribution in [0.4, 0.5) is 23.9 Å². The number of halogens is 3. The van der Waals surface area contributed by atoms with Crippen molar-refractivity contribution in [3.8, 4) is 0 Å². The lowest BCUT2D eigenvalue weighted by molar-refractivity contribution is -0.141. The van der Waals surface area contributed by atoms with E-state index >= 15 is 0 Å². The molecule has 0 aromatic carbocycles. The van der Waals surface area contributed by atoms with Crippen LogP contribution >= 0.6 is 0 Å². The molecule has 1 saturated heterocycles. The molecule has 162 valence electrons. The Labute approximate surface area is 168 Å². The number of carbonyl (C=O) groups is 2. The number of alkyl carbamates (subject to hydrolysis) is 1. The van der Waals surface area contributed by atoms with Crippen molar-refractivity contribution >= 4 is 17.9 Å². The number of aromatic nitrogens is 3. The molecule has 30 heavy (non-hydrogen) atoms. The zero-order chi connectivity index (χ0) is 21.7. The number of anilines is 1.